The Bertz CT molecular complexity index is 674. The van der Waals surface area contributed by atoms with E-state index in [1.54, 1.807) is 19.1 Å². The van der Waals surface area contributed by atoms with Crippen LogP contribution in [0.15, 0.2) is 53.4 Å². The molecule has 2 rings (SSSR count). The number of amides is 1. The molecule has 0 saturated carbocycles. The van der Waals surface area contributed by atoms with Gasteiger partial charge in [-0.05, 0) is 43.3 Å². The lowest BCUT2D eigenvalue weighted by atomic mass is 10.3. The Kier molecular flexibility index (Phi) is 5.11. The highest BCUT2D eigenvalue weighted by molar-refractivity contribution is 8.00. The van der Waals surface area contributed by atoms with Crippen molar-refractivity contribution in [2.75, 3.05) is 5.32 Å². The fourth-order valence-electron chi connectivity index (χ4n) is 1.68. The highest BCUT2D eigenvalue weighted by atomic mass is 32.2. The van der Waals surface area contributed by atoms with E-state index in [1.807, 2.05) is 0 Å². The minimum atomic E-state index is -0.473. The van der Waals surface area contributed by atoms with Gasteiger partial charge in [0.15, 0.2) is 0 Å². The van der Waals surface area contributed by atoms with Gasteiger partial charge in [0, 0.05) is 22.7 Å². The Hall–Kier alpha value is -2.41. The van der Waals surface area contributed by atoms with E-state index in [9.17, 15) is 19.3 Å². The number of rotatable bonds is 5. The number of nitrogens with one attached hydrogen (secondary N) is 1. The third-order valence-corrected chi connectivity index (χ3v) is 3.95. The third kappa shape index (κ3) is 4.29. The summed E-state index contributed by atoms with van der Waals surface area (Å²) in [4.78, 5) is 22.9. The molecular formula is C15H13FN2O3S. The molecule has 114 valence electrons. The zero-order valence-electron chi connectivity index (χ0n) is 11.7. The summed E-state index contributed by atoms with van der Waals surface area (Å²) in [7, 11) is 0. The van der Waals surface area contributed by atoms with Gasteiger partial charge in [-0.1, -0.05) is 0 Å². The first-order valence-corrected chi connectivity index (χ1v) is 7.31. The highest BCUT2D eigenvalue weighted by Crippen LogP contribution is 2.26. The van der Waals surface area contributed by atoms with Gasteiger partial charge in [0.2, 0.25) is 5.91 Å². The molecule has 2 aromatic rings. The molecule has 0 heterocycles. The summed E-state index contributed by atoms with van der Waals surface area (Å²) in [6, 6.07) is 11.5. The van der Waals surface area contributed by atoms with Gasteiger partial charge in [0.25, 0.3) is 5.69 Å². The zero-order valence-corrected chi connectivity index (χ0v) is 12.5. The molecule has 0 aliphatic carbocycles. The zero-order chi connectivity index (χ0) is 16.1. The van der Waals surface area contributed by atoms with E-state index in [2.05, 4.69) is 5.32 Å². The van der Waals surface area contributed by atoms with E-state index < -0.39 is 10.2 Å². The standard InChI is InChI=1S/C15H13FN2O3S/c1-10(15(19)17-12-4-2-11(16)3-5-12)22-14-8-6-13(7-9-14)18(20)21/h2-10H,1H3,(H,17,19)/t10-/m1/s1. The van der Waals surface area contributed by atoms with Gasteiger partial charge in [0.1, 0.15) is 5.82 Å². The summed E-state index contributed by atoms with van der Waals surface area (Å²) in [5.41, 5.74) is 0.523. The predicted molar refractivity (Wildman–Crippen MR) is 83.4 cm³/mol. The fourth-order valence-corrected chi connectivity index (χ4v) is 2.55. The maximum absolute atomic E-state index is 12.8. The van der Waals surface area contributed by atoms with Crippen molar-refractivity contribution >= 4 is 29.0 Å². The van der Waals surface area contributed by atoms with Gasteiger partial charge in [-0.25, -0.2) is 4.39 Å². The van der Waals surface area contributed by atoms with Crippen molar-refractivity contribution in [2.24, 2.45) is 0 Å². The molecule has 0 aliphatic heterocycles. The number of thioether (sulfide) groups is 1. The highest BCUT2D eigenvalue weighted by Gasteiger charge is 2.15. The van der Waals surface area contributed by atoms with Crippen LogP contribution in [0.2, 0.25) is 0 Å². The molecule has 0 unspecified atom stereocenters. The van der Waals surface area contributed by atoms with Crippen molar-refractivity contribution in [3.63, 3.8) is 0 Å². The number of benzene rings is 2. The van der Waals surface area contributed by atoms with Crippen molar-refractivity contribution in [1.29, 1.82) is 0 Å². The minimum absolute atomic E-state index is 0.00719. The van der Waals surface area contributed by atoms with E-state index >= 15 is 0 Å². The lowest BCUT2D eigenvalue weighted by Crippen LogP contribution is -2.22. The molecule has 0 spiro atoms. The lowest BCUT2D eigenvalue weighted by Gasteiger charge is -2.12. The van der Waals surface area contributed by atoms with Crippen LogP contribution < -0.4 is 5.32 Å². The van der Waals surface area contributed by atoms with E-state index in [0.29, 0.717) is 5.69 Å². The number of anilines is 1. The first-order valence-electron chi connectivity index (χ1n) is 6.43. The third-order valence-electron chi connectivity index (χ3n) is 2.84. The monoisotopic (exact) mass is 320 g/mol. The van der Waals surface area contributed by atoms with Crippen LogP contribution in [0, 0.1) is 15.9 Å². The van der Waals surface area contributed by atoms with Crippen LogP contribution in [0.1, 0.15) is 6.92 Å². The Morgan fingerprint density at radius 2 is 1.77 bits per heavy atom. The van der Waals surface area contributed by atoms with Gasteiger partial charge in [0.05, 0.1) is 10.2 Å². The van der Waals surface area contributed by atoms with Crippen LogP contribution in [0.4, 0.5) is 15.8 Å². The normalized spacial score (nSPS) is 11.7. The Labute approximate surface area is 130 Å². The Morgan fingerprint density at radius 1 is 1.18 bits per heavy atom. The molecule has 7 heteroatoms. The van der Waals surface area contributed by atoms with Crippen LogP contribution >= 0.6 is 11.8 Å². The molecule has 1 atom stereocenters. The Balaban J connectivity index is 1.95. The summed E-state index contributed by atoms with van der Waals surface area (Å²) in [5, 5.41) is 12.9. The van der Waals surface area contributed by atoms with E-state index in [1.165, 1.54) is 48.2 Å². The van der Waals surface area contributed by atoms with Crippen LogP contribution in [-0.2, 0) is 4.79 Å². The first kappa shape index (κ1) is 16.0. The largest absolute Gasteiger partial charge is 0.325 e. The number of nitro benzene ring substituents is 1. The molecule has 1 N–H and O–H groups in total. The number of halogens is 1. The maximum atomic E-state index is 12.8. The molecule has 0 bridgehead atoms. The number of carbonyl (C=O) groups is 1. The van der Waals surface area contributed by atoms with Gasteiger partial charge in [-0.3, -0.25) is 14.9 Å². The maximum Gasteiger partial charge on any atom is 0.269 e. The topological polar surface area (TPSA) is 72.2 Å². The van der Waals surface area contributed by atoms with Crippen molar-refractivity contribution in [3.05, 3.63) is 64.5 Å². The number of non-ortho nitro benzene ring substituents is 1. The second-order valence-electron chi connectivity index (χ2n) is 4.51. The number of carbonyl (C=O) groups excluding carboxylic acids is 1. The molecule has 0 aromatic heterocycles. The molecule has 22 heavy (non-hydrogen) atoms. The van der Waals surface area contributed by atoms with Crippen LogP contribution in [-0.4, -0.2) is 16.1 Å². The molecule has 0 radical (unpaired) electrons. The van der Waals surface area contributed by atoms with Gasteiger partial charge in [-0.2, -0.15) is 0 Å². The molecule has 0 aliphatic rings. The summed E-state index contributed by atoms with van der Waals surface area (Å²) >= 11 is 1.29. The van der Waals surface area contributed by atoms with Crippen molar-refractivity contribution in [2.45, 2.75) is 17.1 Å². The first-order chi connectivity index (χ1) is 10.5. The van der Waals surface area contributed by atoms with Gasteiger partial charge < -0.3 is 5.32 Å². The minimum Gasteiger partial charge on any atom is -0.325 e. The second-order valence-corrected chi connectivity index (χ2v) is 5.92. The average molecular weight is 320 g/mol. The number of hydrogen-bond donors (Lipinski definition) is 1. The summed E-state index contributed by atoms with van der Waals surface area (Å²) in [6.07, 6.45) is 0. The van der Waals surface area contributed by atoms with Gasteiger partial charge in [-0.15, -0.1) is 11.8 Å². The van der Waals surface area contributed by atoms with Crippen molar-refractivity contribution < 1.29 is 14.1 Å². The van der Waals surface area contributed by atoms with E-state index in [-0.39, 0.29) is 17.4 Å². The lowest BCUT2D eigenvalue weighted by molar-refractivity contribution is -0.384. The number of nitro groups is 1. The van der Waals surface area contributed by atoms with Crippen LogP contribution in [0.25, 0.3) is 0 Å². The predicted octanol–water partition coefficient (Wildman–Crippen LogP) is 3.85. The fraction of sp³-hybridized carbons (Fsp3) is 0.133. The van der Waals surface area contributed by atoms with Gasteiger partial charge >= 0.3 is 0 Å². The smallest absolute Gasteiger partial charge is 0.269 e. The van der Waals surface area contributed by atoms with Crippen molar-refractivity contribution in [3.8, 4) is 0 Å². The Morgan fingerprint density at radius 3 is 2.32 bits per heavy atom. The van der Waals surface area contributed by atoms with Crippen LogP contribution in [0.3, 0.4) is 0 Å². The number of hydrogen-bond acceptors (Lipinski definition) is 4. The number of nitrogens with zero attached hydrogens (tertiary/aromatic N) is 1. The molecular weight excluding hydrogens is 307 g/mol. The molecule has 1 amide bonds. The van der Waals surface area contributed by atoms with Crippen LogP contribution in [0.5, 0.6) is 0 Å². The van der Waals surface area contributed by atoms with Crippen molar-refractivity contribution in [1.82, 2.24) is 0 Å². The summed E-state index contributed by atoms with van der Waals surface area (Å²) < 4.78 is 12.8. The summed E-state index contributed by atoms with van der Waals surface area (Å²) in [5.74, 6) is -0.596. The average Bonchev–Trinajstić information content (AvgIpc) is 2.50. The molecule has 5 nitrogen and oxygen atoms in total. The summed E-state index contributed by atoms with van der Waals surface area (Å²) in [6.45, 7) is 1.73. The van der Waals surface area contributed by atoms with E-state index in [4.69, 9.17) is 0 Å². The quantitative estimate of drug-likeness (QED) is 0.516. The molecule has 0 fully saturated rings. The molecule has 0 saturated heterocycles. The van der Waals surface area contributed by atoms with E-state index in [0.717, 1.165) is 4.90 Å². The SMILES string of the molecule is C[C@@H](Sc1ccc([N+](=O)[O-])cc1)C(=O)Nc1ccc(F)cc1. The molecule has 2 aromatic carbocycles. The second kappa shape index (κ2) is 7.04.